The molecule has 0 spiro atoms. The van der Waals surface area contributed by atoms with E-state index in [0.717, 1.165) is 30.1 Å². The molecule has 2 heteroatoms. The summed E-state index contributed by atoms with van der Waals surface area (Å²) in [7, 11) is 0. The maximum atomic E-state index is 13.0. The van der Waals surface area contributed by atoms with E-state index in [1.165, 1.54) is 44.9 Å². The van der Waals surface area contributed by atoms with Crippen LogP contribution in [0.4, 0.5) is 0 Å². The maximum Gasteiger partial charge on any atom is 0.141 e. The van der Waals surface area contributed by atoms with Gasteiger partial charge < -0.3 is 5.11 Å². The van der Waals surface area contributed by atoms with E-state index in [1.54, 1.807) is 0 Å². The first-order valence-electron chi connectivity index (χ1n) is 13.9. The molecule has 2 nitrogen and oxygen atoms in total. The Balaban J connectivity index is 1.57. The fourth-order valence-corrected chi connectivity index (χ4v) is 11.5. The molecular weight excluding hydrogens is 392 g/mol. The average Bonchev–Trinajstić information content (AvgIpc) is 3.05. The zero-order chi connectivity index (χ0) is 23.5. The number of fused-ring (bicyclic) bond motifs is 7. The van der Waals surface area contributed by atoms with Gasteiger partial charge in [0.15, 0.2) is 0 Å². The molecule has 182 valence electrons. The van der Waals surface area contributed by atoms with Crippen molar-refractivity contribution in [1.82, 2.24) is 0 Å². The normalized spacial score (nSPS) is 56.9. The van der Waals surface area contributed by atoms with Crippen molar-refractivity contribution >= 4 is 5.78 Å². The summed E-state index contributed by atoms with van der Waals surface area (Å²) >= 11 is 0. The van der Waals surface area contributed by atoms with E-state index < -0.39 is 6.10 Å². The molecule has 0 aromatic heterocycles. The minimum atomic E-state index is -0.471. The number of aliphatic hydroxyl groups is 1. The van der Waals surface area contributed by atoms with Gasteiger partial charge in [-0.1, -0.05) is 55.4 Å². The van der Waals surface area contributed by atoms with E-state index in [1.807, 2.05) is 0 Å². The van der Waals surface area contributed by atoms with Crippen LogP contribution >= 0.6 is 0 Å². The molecule has 5 saturated carbocycles. The predicted molar refractivity (Wildman–Crippen MR) is 131 cm³/mol. The Morgan fingerprint density at radius 1 is 0.812 bits per heavy atom. The average molecular weight is 443 g/mol. The zero-order valence-corrected chi connectivity index (χ0v) is 22.3. The maximum absolute atomic E-state index is 13.0. The molecule has 1 N–H and O–H groups in total. The first-order valence-corrected chi connectivity index (χ1v) is 13.9. The molecule has 32 heavy (non-hydrogen) atoms. The van der Waals surface area contributed by atoms with Crippen molar-refractivity contribution in [2.45, 2.75) is 119 Å². The molecule has 5 aliphatic carbocycles. The van der Waals surface area contributed by atoms with Crippen LogP contribution in [0, 0.1) is 62.6 Å². The van der Waals surface area contributed by atoms with Crippen LogP contribution in [-0.4, -0.2) is 17.0 Å². The lowest BCUT2D eigenvalue weighted by atomic mass is 9.32. The van der Waals surface area contributed by atoms with Gasteiger partial charge in [-0.3, -0.25) is 4.79 Å². The van der Waals surface area contributed by atoms with E-state index >= 15 is 0 Å². The quantitative estimate of drug-likeness (QED) is 0.463. The Kier molecular flexibility index (Phi) is 5.01. The minimum Gasteiger partial charge on any atom is -0.392 e. The van der Waals surface area contributed by atoms with Crippen LogP contribution < -0.4 is 0 Å². The number of rotatable bonds is 1. The van der Waals surface area contributed by atoms with Crippen molar-refractivity contribution in [3.8, 4) is 0 Å². The van der Waals surface area contributed by atoms with Crippen LogP contribution in [0.15, 0.2) is 0 Å². The Labute approximate surface area is 197 Å². The van der Waals surface area contributed by atoms with Crippen LogP contribution in [0.5, 0.6) is 0 Å². The third-order valence-electron chi connectivity index (χ3n) is 13.6. The number of hydrogen-bond acceptors (Lipinski definition) is 2. The topological polar surface area (TPSA) is 37.3 Å². The molecule has 0 aromatic carbocycles. The highest BCUT2D eigenvalue weighted by atomic mass is 16.3. The lowest BCUT2D eigenvalue weighted by molar-refractivity contribution is -0.255. The largest absolute Gasteiger partial charge is 0.392 e. The standard InChI is InChI=1S/C30H50O2/c1-18(2)19-11-13-27(5)15-16-28(6)20(25(19)27)9-10-22-29(28,7)14-12-21-26(3,4)23(31)17-24(32)30(21,22)8/h18-22,24-25,32H,9-17H2,1-8H3/t19-,20?,21?,22?,24?,25?,27-,28-,29-,30-/m1/s1. The summed E-state index contributed by atoms with van der Waals surface area (Å²) in [6.07, 6.45) is 10.4. The van der Waals surface area contributed by atoms with Gasteiger partial charge in [-0.2, -0.15) is 0 Å². The van der Waals surface area contributed by atoms with Crippen molar-refractivity contribution < 1.29 is 9.90 Å². The van der Waals surface area contributed by atoms with Crippen LogP contribution in [0.2, 0.25) is 0 Å². The van der Waals surface area contributed by atoms with E-state index in [-0.39, 0.29) is 22.0 Å². The van der Waals surface area contributed by atoms with E-state index in [4.69, 9.17) is 0 Å². The van der Waals surface area contributed by atoms with Gasteiger partial charge in [-0.25, -0.2) is 0 Å². The Hall–Kier alpha value is -0.370. The monoisotopic (exact) mass is 442 g/mol. The highest BCUT2D eigenvalue weighted by Crippen LogP contribution is 2.77. The highest BCUT2D eigenvalue weighted by Gasteiger charge is 2.71. The summed E-state index contributed by atoms with van der Waals surface area (Å²) in [6, 6.07) is 0. The van der Waals surface area contributed by atoms with Gasteiger partial charge in [0.2, 0.25) is 0 Å². The minimum absolute atomic E-state index is 0.133. The zero-order valence-electron chi connectivity index (χ0n) is 22.3. The molecular formula is C30H50O2. The van der Waals surface area contributed by atoms with Gasteiger partial charge >= 0.3 is 0 Å². The molecule has 5 fully saturated rings. The Morgan fingerprint density at radius 3 is 2.16 bits per heavy atom. The predicted octanol–water partition coefficient (Wildman–Crippen LogP) is 7.28. The molecule has 0 bridgehead atoms. The third kappa shape index (κ3) is 2.60. The van der Waals surface area contributed by atoms with Crippen molar-refractivity contribution in [3.05, 3.63) is 0 Å². The lowest BCUT2D eigenvalue weighted by Gasteiger charge is -2.73. The first kappa shape index (κ1) is 23.4. The number of Topliss-reactive ketones (excluding diaryl/α,β-unsaturated/α-hetero) is 1. The van der Waals surface area contributed by atoms with Crippen LogP contribution in [0.25, 0.3) is 0 Å². The molecule has 5 rings (SSSR count). The van der Waals surface area contributed by atoms with Crippen molar-refractivity contribution in [2.24, 2.45) is 62.6 Å². The van der Waals surface area contributed by atoms with E-state index in [0.29, 0.717) is 29.1 Å². The number of carbonyl (C=O) groups excluding carboxylic acids is 1. The molecule has 10 atom stereocenters. The molecule has 0 radical (unpaired) electrons. The molecule has 0 amide bonds. The smallest absolute Gasteiger partial charge is 0.141 e. The second-order valence-electron chi connectivity index (χ2n) is 15.0. The van der Waals surface area contributed by atoms with Gasteiger partial charge in [0.1, 0.15) is 5.78 Å². The summed E-state index contributed by atoms with van der Waals surface area (Å²) in [5.41, 5.74) is 0.738. The third-order valence-corrected chi connectivity index (χ3v) is 13.6. The van der Waals surface area contributed by atoms with Gasteiger partial charge in [0.05, 0.1) is 6.10 Å². The molecule has 5 aliphatic rings. The van der Waals surface area contributed by atoms with Crippen LogP contribution in [-0.2, 0) is 4.79 Å². The molecule has 0 saturated heterocycles. The summed E-state index contributed by atoms with van der Waals surface area (Å²) in [4.78, 5) is 13.0. The van der Waals surface area contributed by atoms with Crippen molar-refractivity contribution in [3.63, 3.8) is 0 Å². The summed E-state index contributed by atoms with van der Waals surface area (Å²) < 4.78 is 0. The number of carbonyl (C=O) groups is 1. The molecule has 0 heterocycles. The number of hydrogen-bond donors (Lipinski definition) is 1. The van der Waals surface area contributed by atoms with Crippen LogP contribution in [0.1, 0.15) is 113 Å². The van der Waals surface area contributed by atoms with Crippen molar-refractivity contribution in [1.29, 1.82) is 0 Å². The molecule has 5 unspecified atom stereocenters. The van der Waals surface area contributed by atoms with E-state index in [9.17, 15) is 9.90 Å². The number of ketones is 1. The molecule has 0 aromatic rings. The van der Waals surface area contributed by atoms with Gasteiger partial charge in [0, 0.05) is 17.3 Å². The summed E-state index contributed by atoms with van der Waals surface area (Å²) in [5, 5.41) is 11.5. The second-order valence-corrected chi connectivity index (χ2v) is 15.0. The van der Waals surface area contributed by atoms with Crippen molar-refractivity contribution in [2.75, 3.05) is 0 Å². The lowest BCUT2D eigenvalue weighted by Crippen LogP contribution is -2.69. The Bertz CT molecular complexity index is 799. The summed E-state index contributed by atoms with van der Waals surface area (Å²) in [6.45, 7) is 19.6. The van der Waals surface area contributed by atoms with Crippen LogP contribution in [0.3, 0.4) is 0 Å². The second kappa shape index (κ2) is 6.86. The van der Waals surface area contributed by atoms with Gasteiger partial charge in [-0.05, 0) is 103 Å². The fourth-order valence-electron chi connectivity index (χ4n) is 11.5. The van der Waals surface area contributed by atoms with Gasteiger partial charge in [0.25, 0.3) is 0 Å². The highest BCUT2D eigenvalue weighted by molar-refractivity contribution is 5.86. The van der Waals surface area contributed by atoms with E-state index in [2.05, 4.69) is 55.4 Å². The number of aliphatic hydroxyl groups excluding tert-OH is 1. The fraction of sp³-hybridized carbons (Fsp3) is 0.967. The SMILES string of the molecule is CC(C)[C@H]1CC[C@]2(C)CC[C@]3(C)C(CCC4[C@]5(C)C(O)CC(=O)C(C)(C)C5CC[C@]43C)C12. The molecule has 0 aliphatic heterocycles. The Morgan fingerprint density at radius 2 is 1.50 bits per heavy atom. The first-order chi connectivity index (χ1) is 14.7. The summed E-state index contributed by atoms with van der Waals surface area (Å²) in [5.74, 6) is 4.50. The van der Waals surface area contributed by atoms with Gasteiger partial charge in [-0.15, -0.1) is 0 Å².